The van der Waals surface area contributed by atoms with Crippen molar-refractivity contribution in [2.24, 2.45) is 0 Å². The van der Waals surface area contributed by atoms with Crippen LogP contribution in [0.3, 0.4) is 0 Å². The van der Waals surface area contributed by atoms with Gasteiger partial charge in [0, 0.05) is 29.1 Å². The van der Waals surface area contributed by atoms with Gasteiger partial charge in [0.2, 0.25) is 0 Å². The van der Waals surface area contributed by atoms with Gasteiger partial charge in [0.1, 0.15) is 5.82 Å². The first-order chi connectivity index (χ1) is 13.5. The molecule has 0 bridgehead atoms. The van der Waals surface area contributed by atoms with Crippen LogP contribution in [0.15, 0.2) is 23.8 Å². The molecule has 7 nitrogen and oxygen atoms in total. The van der Waals surface area contributed by atoms with Gasteiger partial charge in [0.15, 0.2) is 11.4 Å². The highest BCUT2D eigenvalue weighted by Crippen LogP contribution is 2.38. The van der Waals surface area contributed by atoms with Crippen molar-refractivity contribution in [1.29, 1.82) is 0 Å². The van der Waals surface area contributed by atoms with Crippen LogP contribution in [0.5, 0.6) is 0 Å². The van der Waals surface area contributed by atoms with Crippen LogP contribution in [0.4, 0.5) is 10.1 Å². The molecular formula is C19H19FN4O3S. The van der Waals surface area contributed by atoms with Crippen LogP contribution in [0, 0.1) is 5.82 Å². The number of hydrogen-bond donors (Lipinski definition) is 2. The van der Waals surface area contributed by atoms with Crippen LogP contribution in [-0.2, 0) is 4.74 Å². The number of fused-ring (bicyclic) bond motifs is 1. The van der Waals surface area contributed by atoms with E-state index in [0.29, 0.717) is 22.2 Å². The highest BCUT2D eigenvalue weighted by molar-refractivity contribution is 7.13. The molecule has 0 unspecified atom stereocenters. The Morgan fingerprint density at radius 2 is 2.00 bits per heavy atom. The SMILES string of the molecule is CCCNC(=O)c1ncc2c(-c3scnc3C(=O)OCC)c(F)ccc2c1N. The number of esters is 1. The largest absolute Gasteiger partial charge is 0.461 e. The molecular weight excluding hydrogens is 383 g/mol. The number of carbonyl (C=O) groups is 2. The number of nitrogens with zero attached hydrogens (tertiary/aromatic N) is 2. The number of nitrogens with two attached hydrogens (primary N) is 1. The number of amides is 1. The van der Waals surface area contributed by atoms with Gasteiger partial charge < -0.3 is 15.8 Å². The van der Waals surface area contributed by atoms with Gasteiger partial charge >= 0.3 is 5.97 Å². The molecule has 0 aliphatic carbocycles. The maximum Gasteiger partial charge on any atom is 0.358 e. The maximum atomic E-state index is 14.7. The van der Waals surface area contributed by atoms with Gasteiger partial charge in [-0.15, -0.1) is 11.3 Å². The fourth-order valence-electron chi connectivity index (χ4n) is 2.79. The van der Waals surface area contributed by atoms with Crippen LogP contribution in [-0.4, -0.2) is 35.0 Å². The molecule has 0 atom stereocenters. The summed E-state index contributed by atoms with van der Waals surface area (Å²) in [4.78, 5) is 32.9. The predicted octanol–water partition coefficient (Wildman–Crippen LogP) is 3.40. The fraction of sp³-hybridized carbons (Fsp3) is 0.263. The lowest BCUT2D eigenvalue weighted by atomic mass is 10.0. The minimum atomic E-state index is -0.633. The summed E-state index contributed by atoms with van der Waals surface area (Å²) in [5.74, 6) is -1.57. The number of nitrogens with one attached hydrogen (secondary N) is 1. The molecule has 3 rings (SSSR count). The first-order valence-electron chi connectivity index (χ1n) is 8.75. The lowest BCUT2D eigenvalue weighted by Crippen LogP contribution is -2.26. The average Bonchev–Trinajstić information content (AvgIpc) is 3.15. The van der Waals surface area contributed by atoms with Crippen LogP contribution in [0.25, 0.3) is 21.2 Å². The standard InChI is InChI=1S/C19H19FN4O3S/c1-3-7-22-18(25)15-14(21)10-5-6-12(20)13(11(10)8-23-15)17-16(24-9-28-17)19(26)27-4-2/h5-6,8-9H,3-4,7,21H2,1-2H3,(H,22,25). The molecule has 0 fully saturated rings. The number of carbonyl (C=O) groups excluding carboxylic acids is 2. The Bertz CT molecular complexity index is 1050. The van der Waals surface area contributed by atoms with Crippen molar-refractivity contribution in [3.05, 3.63) is 41.0 Å². The third-order valence-electron chi connectivity index (χ3n) is 4.08. The number of halogens is 1. The normalized spacial score (nSPS) is 10.8. The van der Waals surface area contributed by atoms with Crippen molar-refractivity contribution in [2.45, 2.75) is 20.3 Å². The Balaban J connectivity index is 2.17. The van der Waals surface area contributed by atoms with Gasteiger partial charge in [0.25, 0.3) is 5.91 Å². The summed E-state index contributed by atoms with van der Waals surface area (Å²) in [6, 6.07) is 2.74. The van der Waals surface area contributed by atoms with Crippen LogP contribution in [0.2, 0.25) is 0 Å². The van der Waals surface area contributed by atoms with Crippen molar-refractivity contribution in [2.75, 3.05) is 18.9 Å². The Kier molecular flexibility index (Phi) is 5.84. The van der Waals surface area contributed by atoms with E-state index in [-0.39, 0.29) is 29.2 Å². The summed E-state index contributed by atoms with van der Waals surface area (Å²) in [6.45, 7) is 4.29. The van der Waals surface area contributed by atoms with E-state index in [9.17, 15) is 14.0 Å². The van der Waals surface area contributed by atoms with E-state index in [4.69, 9.17) is 10.5 Å². The molecule has 1 amide bonds. The second kappa shape index (κ2) is 8.30. The first-order valence-corrected chi connectivity index (χ1v) is 9.63. The maximum absolute atomic E-state index is 14.7. The molecule has 0 spiro atoms. The number of nitrogen functional groups attached to an aromatic ring is 1. The molecule has 9 heteroatoms. The molecule has 0 saturated heterocycles. The average molecular weight is 402 g/mol. The molecule has 1 aromatic carbocycles. The predicted molar refractivity (Wildman–Crippen MR) is 106 cm³/mol. The molecule has 0 aliphatic heterocycles. The third-order valence-corrected chi connectivity index (χ3v) is 4.92. The van der Waals surface area contributed by atoms with Gasteiger partial charge in [-0.1, -0.05) is 6.92 Å². The number of thiazole rings is 1. The lowest BCUT2D eigenvalue weighted by Gasteiger charge is -2.12. The second-order valence-corrected chi connectivity index (χ2v) is 6.77. The van der Waals surface area contributed by atoms with Crippen molar-refractivity contribution in [3.8, 4) is 10.4 Å². The molecule has 3 N–H and O–H groups in total. The fourth-order valence-corrected chi connectivity index (χ4v) is 3.63. The van der Waals surface area contributed by atoms with E-state index >= 15 is 0 Å². The molecule has 0 aliphatic rings. The zero-order valence-electron chi connectivity index (χ0n) is 15.4. The number of benzene rings is 1. The van der Waals surface area contributed by atoms with E-state index in [2.05, 4.69) is 15.3 Å². The van der Waals surface area contributed by atoms with Crippen LogP contribution >= 0.6 is 11.3 Å². The minimum Gasteiger partial charge on any atom is -0.461 e. The molecule has 2 aromatic heterocycles. The Morgan fingerprint density at radius 3 is 2.71 bits per heavy atom. The molecule has 0 radical (unpaired) electrons. The Hall–Kier alpha value is -3.07. The number of aromatic nitrogens is 2. The zero-order valence-corrected chi connectivity index (χ0v) is 16.2. The monoisotopic (exact) mass is 402 g/mol. The summed E-state index contributed by atoms with van der Waals surface area (Å²) in [7, 11) is 0. The van der Waals surface area contributed by atoms with Crippen molar-refractivity contribution < 1.29 is 18.7 Å². The second-order valence-electron chi connectivity index (χ2n) is 5.91. The Labute approximate surface area is 164 Å². The molecule has 0 saturated carbocycles. The van der Waals surface area contributed by atoms with Crippen molar-refractivity contribution in [1.82, 2.24) is 15.3 Å². The third kappa shape index (κ3) is 3.53. The number of rotatable bonds is 6. The van der Waals surface area contributed by atoms with E-state index in [1.165, 1.54) is 23.8 Å². The van der Waals surface area contributed by atoms with Crippen LogP contribution < -0.4 is 11.1 Å². The summed E-state index contributed by atoms with van der Waals surface area (Å²) in [5.41, 5.74) is 8.02. The van der Waals surface area contributed by atoms with Gasteiger partial charge in [-0.3, -0.25) is 4.79 Å². The van der Waals surface area contributed by atoms with Crippen LogP contribution in [0.1, 0.15) is 41.2 Å². The number of ether oxygens (including phenoxy) is 1. The number of hydrogen-bond acceptors (Lipinski definition) is 7. The quantitative estimate of drug-likeness (QED) is 0.612. The van der Waals surface area contributed by atoms with E-state index in [0.717, 1.165) is 17.8 Å². The Morgan fingerprint density at radius 1 is 1.21 bits per heavy atom. The highest BCUT2D eigenvalue weighted by Gasteiger charge is 2.24. The minimum absolute atomic E-state index is 0.0292. The number of pyridine rings is 1. The first kappa shape index (κ1) is 19.7. The smallest absolute Gasteiger partial charge is 0.358 e. The zero-order chi connectivity index (χ0) is 20.3. The highest BCUT2D eigenvalue weighted by atomic mass is 32.1. The van der Waals surface area contributed by atoms with Crippen molar-refractivity contribution >= 4 is 39.7 Å². The van der Waals surface area contributed by atoms with Crippen molar-refractivity contribution in [3.63, 3.8) is 0 Å². The van der Waals surface area contributed by atoms with Gasteiger partial charge in [0.05, 0.1) is 22.7 Å². The molecule has 28 heavy (non-hydrogen) atoms. The summed E-state index contributed by atoms with van der Waals surface area (Å²) in [6.07, 6.45) is 2.16. The summed E-state index contributed by atoms with van der Waals surface area (Å²) >= 11 is 1.11. The molecule has 3 aromatic rings. The van der Waals surface area contributed by atoms with E-state index in [1.807, 2.05) is 6.92 Å². The number of anilines is 1. The summed E-state index contributed by atoms with van der Waals surface area (Å²) < 4.78 is 19.8. The van der Waals surface area contributed by atoms with Gasteiger partial charge in [-0.2, -0.15) is 0 Å². The molecule has 146 valence electrons. The lowest BCUT2D eigenvalue weighted by molar-refractivity contribution is 0.0521. The van der Waals surface area contributed by atoms with E-state index < -0.39 is 17.7 Å². The van der Waals surface area contributed by atoms with Gasteiger partial charge in [-0.05, 0) is 25.5 Å². The molecule has 2 heterocycles. The van der Waals surface area contributed by atoms with E-state index in [1.54, 1.807) is 6.92 Å². The van der Waals surface area contributed by atoms with Gasteiger partial charge in [-0.25, -0.2) is 19.2 Å². The topological polar surface area (TPSA) is 107 Å². The summed E-state index contributed by atoms with van der Waals surface area (Å²) in [5, 5.41) is 3.58.